The second-order valence-electron chi connectivity index (χ2n) is 2.14. The van der Waals surface area contributed by atoms with Gasteiger partial charge in [0, 0.05) is 18.9 Å². The third kappa shape index (κ3) is 6.52. The Balaban J connectivity index is 0.000000261. The largest absolute Gasteiger partial charge is 0.481 e. The molecule has 12 heavy (non-hydrogen) atoms. The highest BCUT2D eigenvalue weighted by atomic mass is 16.4. The van der Waals surface area contributed by atoms with E-state index in [1.54, 1.807) is 6.08 Å². The minimum atomic E-state index is -0.833. The predicted octanol–water partition coefficient (Wildman–Crippen LogP) is 1.35. The van der Waals surface area contributed by atoms with Crippen molar-refractivity contribution in [2.45, 2.75) is 13.3 Å². The molecule has 0 amide bonds. The molecule has 1 aliphatic carbocycles. The summed E-state index contributed by atoms with van der Waals surface area (Å²) in [5.41, 5.74) is 0.729. The number of hydrogen-bond acceptors (Lipinski definition) is 2. The fraction of sp³-hybridized carbons (Fsp3) is 0.222. The summed E-state index contributed by atoms with van der Waals surface area (Å²) >= 11 is 0. The van der Waals surface area contributed by atoms with Gasteiger partial charge in [-0.2, -0.15) is 0 Å². The molecule has 0 aromatic rings. The van der Waals surface area contributed by atoms with Gasteiger partial charge in [0.05, 0.1) is 0 Å². The maximum atomic E-state index is 9.91. The molecule has 3 nitrogen and oxygen atoms in total. The Morgan fingerprint density at radius 1 is 1.58 bits per heavy atom. The summed E-state index contributed by atoms with van der Waals surface area (Å²) in [7, 11) is 0. The van der Waals surface area contributed by atoms with Crippen LogP contribution in [-0.2, 0) is 9.59 Å². The van der Waals surface area contributed by atoms with Gasteiger partial charge in [-0.05, 0) is 6.08 Å². The van der Waals surface area contributed by atoms with Gasteiger partial charge >= 0.3 is 0 Å². The number of carbonyl (C=O) groups is 1. The molecule has 0 spiro atoms. The van der Waals surface area contributed by atoms with Crippen LogP contribution in [0.15, 0.2) is 29.9 Å². The van der Waals surface area contributed by atoms with E-state index in [4.69, 9.17) is 9.90 Å². The molecule has 0 heterocycles. The molecule has 0 saturated heterocycles. The summed E-state index contributed by atoms with van der Waals surface area (Å²) in [6.07, 6.45) is 8.19. The van der Waals surface area contributed by atoms with Crippen molar-refractivity contribution in [2.24, 2.45) is 0 Å². The van der Waals surface area contributed by atoms with E-state index in [9.17, 15) is 4.79 Å². The normalized spacial score (nSPS) is 12.9. The Labute approximate surface area is 70.7 Å². The smallest absolute Gasteiger partial charge is 0.300 e. The Kier molecular flexibility index (Phi) is 5.31. The summed E-state index contributed by atoms with van der Waals surface area (Å²) in [6.45, 7) is 1.08. The minimum absolute atomic E-state index is 0.729. The summed E-state index contributed by atoms with van der Waals surface area (Å²) in [4.78, 5) is 18.9. The lowest BCUT2D eigenvalue weighted by Gasteiger charge is -1.92. The fourth-order valence-corrected chi connectivity index (χ4v) is 0.589. The molecule has 0 saturated carbocycles. The first-order valence-corrected chi connectivity index (χ1v) is 3.43. The van der Waals surface area contributed by atoms with Gasteiger partial charge in [-0.1, -0.05) is 18.2 Å². The van der Waals surface area contributed by atoms with Crippen molar-refractivity contribution in [1.82, 2.24) is 0 Å². The zero-order valence-corrected chi connectivity index (χ0v) is 6.78. The number of carboxylic acid groups (broad SMARTS) is 1. The number of rotatable bonds is 0. The molecule has 1 aliphatic rings. The van der Waals surface area contributed by atoms with E-state index in [0.29, 0.717) is 0 Å². The van der Waals surface area contributed by atoms with Crippen LogP contribution < -0.4 is 0 Å². The van der Waals surface area contributed by atoms with Crippen LogP contribution in [0.2, 0.25) is 0 Å². The zero-order chi connectivity index (χ0) is 9.40. The van der Waals surface area contributed by atoms with E-state index in [2.05, 4.69) is 0 Å². The van der Waals surface area contributed by atoms with Gasteiger partial charge in [-0.15, -0.1) is 0 Å². The van der Waals surface area contributed by atoms with Crippen LogP contribution in [0.25, 0.3) is 0 Å². The molecule has 0 unspecified atom stereocenters. The van der Waals surface area contributed by atoms with Crippen LogP contribution >= 0.6 is 0 Å². The first kappa shape index (κ1) is 10.4. The van der Waals surface area contributed by atoms with E-state index in [0.717, 1.165) is 18.9 Å². The van der Waals surface area contributed by atoms with E-state index < -0.39 is 5.97 Å². The molecule has 0 aromatic carbocycles. The summed E-state index contributed by atoms with van der Waals surface area (Å²) in [5.74, 6) is 0.999. The zero-order valence-electron chi connectivity index (χ0n) is 6.78. The molecule has 3 heteroatoms. The quantitative estimate of drug-likeness (QED) is 0.552. The monoisotopic (exact) mass is 166 g/mol. The van der Waals surface area contributed by atoms with Gasteiger partial charge in [0.1, 0.15) is 5.94 Å². The van der Waals surface area contributed by atoms with Gasteiger partial charge in [0.15, 0.2) is 0 Å². The van der Waals surface area contributed by atoms with Crippen LogP contribution in [0.4, 0.5) is 0 Å². The highest BCUT2D eigenvalue weighted by molar-refractivity contribution is 5.63. The topological polar surface area (TPSA) is 54.4 Å². The molecule has 64 valence electrons. The molecule has 0 aromatic heterocycles. The van der Waals surface area contributed by atoms with Crippen molar-refractivity contribution in [2.75, 3.05) is 0 Å². The summed E-state index contributed by atoms with van der Waals surface area (Å²) in [5, 5.41) is 7.42. The SMILES string of the molecule is CC(=O)O.O=C=C1C=CC=CC1. The number of allylic oxidation sites excluding steroid dienone is 5. The van der Waals surface area contributed by atoms with Crippen LogP contribution in [0.3, 0.4) is 0 Å². The van der Waals surface area contributed by atoms with Crippen LogP contribution in [0.5, 0.6) is 0 Å². The van der Waals surface area contributed by atoms with E-state index in [1.807, 2.05) is 24.2 Å². The lowest BCUT2D eigenvalue weighted by Crippen LogP contribution is -1.78. The number of hydrogen-bond donors (Lipinski definition) is 1. The maximum absolute atomic E-state index is 9.91. The average Bonchev–Trinajstić information content (AvgIpc) is 2.05. The Hall–Kier alpha value is -1.60. The Morgan fingerprint density at radius 3 is 2.42 bits per heavy atom. The third-order valence-corrected chi connectivity index (χ3v) is 1.01. The Bertz CT molecular complexity index is 251. The minimum Gasteiger partial charge on any atom is -0.481 e. The number of carbonyl (C=O) groups excluding carboxylic acids is 1. The highest BCUT2D eigenvalue weighted by Crippen LogP contribution is 2.04. The summed E-state index contributed by atoms with van der Waals surface area (Å²) < 4.78 is 0. The lowest BCUT2D eigenvalue weighted by molar-refractivity contribution is -0.134. The van der Waals surface area contributed by atoms with Crippen molar-refractivity contribution in [3.63, 3.8) is 0 Å². The standard InChI is InChI=1S/C7H6O.C2H4O2/c8-6-7-4-2-1-3-5-7;1-2(3)4/h1-4H,5H2;1H3,(H,3,4). The molecule has 0 bridgehead atoms. The van der Waals surface area contributed by atoms with Crippen molar-refractivity contribution < 1.29 is 14.7 Å². The van der Waals surface area contributed by atoms with Crippen molar-refractivity contribution in [3.8, 4) is 0 Å². The third-order valence-electron chi connectivity index (χ3n) is 1.01. The van der Waals surface area contributed by atoms with Crippen molar-refractivity contribution in [1.29, 1.82) is 0 Å². The molecule has 0 aliphatic heterocycles. The van der Waals surface area contributed by atoms with Crippen LogP contribution in [-0.4, -0.2) is 17.0 Å². The van der Waals surface area contributed by atoms with Gasteiger partial charge in [0.2, 0.25) is 0 Å². The predicted molar refractivity (Wildman–Crippen MR) is 45.4 cm³/mol. The van der Waals surface area contributed by atoms with Crippen LogP contribution in [0.1, 0.15) is 13.3 Å². The van der Waals surface area contributed by atoms with Crippen LogP contribution in [0, 0.1) is 0 Å². The fourth-order valence-electron chi connectivity index (χ4n) is 0.589. The van der Waals surface area contributed by atoms with Crippen molar-refractivity contribution in [3.05, 3.63) is 29.9 Å². The molecular weight excluding hydrogens is 156 g/mol. The molecule has 0 fully saturated rings. The number of aliphatic carboxylic acids is 1. The van der Waals surface area contributed by atoms with Gasteiger partial charge in [0.25, 0.3) is 5.97 Å². The second kappa shape index (κ2) is 6.13. The second-order valence-corrected chi connectivity index (χ2v) is 2.14. The summed E-state index contributed by atoms with van der Waals surface area (Å²) in [6, 6.07) is 0. The van der Waals surface area contributed by atoms with E-state index in [1.165, 1.54) is 0 Å². The van der Waals surface area contributed by atoms with Gasteiger partial charge in [-0.25, -0.2) is 4.79 Å². The first-order valence-electron chi connectivity index (χ1n) is 3.43. The number of carboxylic acids is 1. The average molecular weight is 166 g/mol. The Morgan fingerprint density at radius 2 is 2.17 bits per heavy atom. The van der Waals surface area contributed by atoms with Gasteiger partial charge in [-0.3, -0.25) is 4.79 Å². The molecule has 0 radical (unpaired) electrons. The van der Waals surface area contributed by atoms with Crippen molar-refractivity contribution >= 4 is 11.9 Å². The van der Waals surface area contributed by atoms with E-state index >= 15 is 0 Å². The first-order chi connectivity index (χ1) is 5.66. The highest BCUT2D eigenvalue weighted by Gasteiger charge is 1.90. The molecule has 1 rings (SSSR count). The molecule has 1 N–H and O–H groups in total. The van der Waals surface area contributed by atoms with Gasteiger partial charge < -0.3 is 5.11 Å². The lowest BCUT2D eigenvalue weighted by atomic mass is 10.1. The van der Waals surface area contributed by atoms with E-state index in [-0.39, 0.29) is 0 Å². The maximum Gasteiger partial charge on any atom is 0.300 e. The molecule has 0 atom stereocenters. The molecular formula is C9H10O3.